The summed E-state index contributed by atoms with van der Waals surface area (Å²) in [7, 11) is 0. The van der Waals surface area contributed by atoms with Gasteiger partial charge in [-0.25, -0.2) is 0 Å². The number of imide groups is 1. The zero-order chi connectivity index (χ0) is 21.6. The second kappa shape index (κ2) is 9.90. The van der Waals surface area contributed by atoms with E-state index in [1.54, 1.807) is 29.2 Å². The maximum atomic E-state index is 12.5. The average Bonchev–Trinajstić information content (AvgIpc) is 3.08. The first kappa shape index (κ1) is 21.3. The molecule has 5 rings (SSSR count). The van der Waals surface area contributed by atoms with Gasteiger partial charge in [0.1, 0.15) is 0 Å². The van der Waals surface area contributed by atoms with Crippen LogP contribution in [0.1, 0.15) is 82.8 Å². The molecule has 0 radical (unpaired) electrons. The summed E-state index contributed by atoms with van der Waals surface area (Å²) in [6.45, 7) is 0.961. The second-order valence-corrected chi connectivity index (χ2v) is 8.53. The van der Waals surface area contributed by atoms with Crippen LogP contribution in [0.15, 0.2) is 48.5 Å². The Labute approximate surface area is 184 Å². The first-order chi connectivity index (χ1) is 15.2. The predicted octanol–water partition coefficient (Wildman–Crippen LogP) is 4.77. The van der Waals surface area contributed by atoms with E-state index in [-0.39, 0.29) is 17.9 Å². The Kier molecular flexibility index (Phi) is 6.80. The lowest BCUT2D eigenvalue weighted by Gasteiger charge is -2.35. The van der Waals surface area contributed by atoms with E-state index in [1.807, 2.05) is 18.2 Å². The normalized spacial score (nSPS) is 19.9. The molecular weight excluding hydrogens is 388 g/mol. The smallest absolute Gasteiger partial charge is 0.261 e. The van der Waals surface area contributed by atoms with Crippen LogP contribution in [0.5, 0.6) is 0 Å². The van der Waals surface area contributed by atoms with Crippen molar-refractivity contribution in [2.24, 2.45) is 0 Å². The number of benzene rings is 2. The minimum Gasteiger partial charge on any atom is -0.338 e. The van der Waals surface area contributed by atoms with E-state index in [4.69, 9.17) is 0 Å². The largest absolute Gasteiger partial charge is 0.338 e. The molecule has 1 aliphatic carbocycles. The van der Waals surface area contributed by atoms with E-state index in [1.165, 1.54) is 49.0 Å². The number of nitrogens with zero attached hydrogens (tertiary/aromatic N) is 2. The predicted molar refractivity (Wildman–Crippen MR) is 120 cm³/mol. The van der Waals surface area contributed by atoms with Gasteiger partial charge in [-0.1, -0.05) is 74.9 Å². The van der Waals surface area contributed by atoms with E-state index in [0.717, 1.165) is 18.4 Å². The van der Waals surface area contributed by atoms with Crippen molar-refractivity contribution in [1.82, 2.24) is 9.80 Å². The van der Waals surface area contributed by atoms with Crippen LogP contribution in [0.3, 0.4) is 0 Å². The van der Waals surface area contributed by atoms with Gasteiger partial charge < -0.3 is 4.90 Å². The van der Waals surface area contributed by atoms with E-state index in [0.29, 0.717) is 30.6 Å². The highest BCUT2D eigenvalue weighted by molar-refractivity contribution is 6.21. The summed E-state index contributed by atoms with van der Waals surface area (Å²) in [5, 5.41) is 0. The van der Waals surface area contributed by atoms with Gasteiger partial charge in [0, 0.05) is 13.1 Å². The quantitative estimate of drug-likeness (QED) is 0.531. The van der Waals surface area contributed by atoms with Crippen molar-refractivity contribution in [2.45, 2.75) is 57.4 Å². The zero-order valence-electron chi connectivity index (χ0n) is 18.0. The fraction of sp³-hybridized carbons (Fsp3) is 0.423. The van der Waals surface area contributed by atoms with Crippen molar-refractivity contribution in [2.75, 3.05) is 13.1 Å². The van der Waals surface area contributed by atoms with Crippen molar-refractivity contribution in [3.8, 4) is 0 Å². The minimum absolute atomic E-state index is 0.105. The molecule has 0 bridgehead atoms. The molecule has 5 nitrogen and oxygen atoms in total. The number of carbonyl (C=O) groups excluding carboxylic acids is 3. The number of hydrogen-bond donors (Lipinski definition) is 0. The molecular formula is C26H30N2O3. The van der Waals surface area contributed by atoms with Crippen LogP contribution in [-0.2, 0) is 11.2 Å². The lowest BCUT2D eigenvalue weighted by atomic mass is 9.91. The molecule has 1 fully saturated rings. The molecule has 3 aliphatic rings. The Bertz CT molecular complexity index is 905. The molecule has 3 amide bonds. The summed E-state index contributed by atoms with van der Waals surface area (Å²) in [5.41, 5.74) is 3.26. The molecule has 2 heterocycles. The lowest BCUT2D eigenvalue weighted by molar-refractivity contribution is -0.120. The number of hydrogen-bond acceptors (Lipinski definition) is 3. The number of rotatable bonds is 4. The van der Waals surface area contributed by atoms with E-state index in [2.05, 4.69) is 6.07 Å². The third-order valence-electron chi connectivity index (χ3n) is 6.59. The maximum Gasteiger partial charge on any atom is 0.261 e. The first-order valence-electron chi connectivity index (χ1n) is 11.4. The minimum atomic E-state index is -0.248. The highest BCUT2D eigenvalue weighted by atomic mass is 16.2. The first-order valence-corrected chi connectivity index (χ1v) is 11.4. The van der Waals surface area contributed by atoms with Gasteiger partial charge in [0.2, 0.25) is 6.41 Å². The molecule has 162 valence electrons. The Morgan fingerprint density at radius 3 is 1.94 bits per heavy atom. The summed E-state index contributed by atoms with van der Waals surface area (Å²) in [4.78, 5) is 39.5. The lowest BCUT2D eigenvalue weighted by Crippen LogP contribution is -2.38. The van der Waals surface area contributed by atoms with Crippen LogP contribution >= 0.6 is 0 Å². The molecule has 0 saturated heterocycles. The SMILES string of the molecule is C1CCCCC1.O=CN1CCc2ccccc2C1CCN1C(=O)c2ccccc2C1=O. The summed E-state index contributed by atoms with van der Waals surface area (Å²) in [6.07, 6.45) is 11.2. The maximum absolute atomic E-state index is 12.5. The van der Waals surface area contributed by atoms with E-state index >= 15 is 0 Å². The van der Waals surface area contributed by atoms with E-state index < -0.39 is 0 Å². The van der Waals surface area contributed by atoms with Crippen molar-refractivity contribution in [3.05, 3.63) is 70.8 Å². The van der Waals surface area contributed by atoms with Crippen LogP contribution in [0.2, 0.25) is 0 Å². The van der Waals surface area contributed by atoms with Gasteiger partial charge in [0.05, 0.1) is 17.2 Å². The van der Waals surface area contributed by atoms with Gasteiger partial charge in [-0.3, -0.25) is 19.3 Å². The molecule has 2 aliphatic heterocycles. The number of amides is 3. The highest BCUT2D eigenvalue weighted by Crippen LogP contribution is 2.32. The standard InChI is InChI=1S/C20H18N2O3.C6H12/c23-13-21-11-9-14-5-1-2-6-15(14)18(21)10-12-22-19(24)16-7-3-4-8-17(16)20(22)25;1-2-4-6-5-3-1/h1-8,13,18H,9-12H2;1-6H2. The molecule has 1 unspecified atom stereocenters. The van der Waals surface area contributed by atoms with Crippen LogP contribution in [-0.4, -0.2) is 41.1 Å². The molecule has 1 saturated carbocycles. The van der Waals surface area contributed by atoms with Crippen molar-refractivity contribution in [3.63, 3.8) is 0 Å². The van der Waals surface area contributed by atoms with Crippen LogP contribution in [0.25, 0.3) is 0 Å². The van der Waals surface area contributed by atoms with Gasteiger partial charge in [0.15, 0.2) is 0 Å². The molecule has 1 atom stereocenters. The second-order valence-electron chi connectivity index (χ2n) is 8.53. The highest BCUT2D eigenvalue weighted by Gasteiger charge is 2.36. The molecule has 0 aromatic heterocycles. The van der Waals surface area contributed by atoms with Crippen LogP contribution < -0.4 is 0 Å². The van der Waals surface area contributed by atoms with Gasteiger partial charge in [-0.05, 0) is 36.1 Å². The van der Waals surface area contributed by atoms with Crippen molar-refractivity contribution in [1.29, 1.82) is 0 Å². The zero-order valence-corrected chi connectivity index (χ0v) is 18.0. The van der Waals surface area contributed by atoms with E-state index in [9.17, 15) is 14.4 Å². The fourth-order valence-corrected chi connectivity index (χ4v) is 4.87. The topological polar surface area (TPSA) is 57.7 Å². The monoisotopic (exact) mass is 418 g/mol. The average molecular weight is 419 g/mol. The molecule has 0 N–H and O–H groups in total. The molecule has 0 spiro atoms. The molecule has 2 aromatic rings. The third-order valence-corrected chi connectivity index (χ3v) is 6.59. The van der Waals surface area contributed by atoms with Gasteiger partial charge in [0.25, 0.3) is 11.8 Å². The van der Waals surface area contributed by atoms with Crippen LogP contribution in [0, 0.1) is 0 Å². The fourth-order valence-electron chi connectivity index (χ4n) is 4.87. The van der Waals surface area contributed by atoms with Gasteiger partial charge in [-0.15, -0.1) is 0 Å². The number of fused-ring (bicyclic) bond motifs is 2. The summed E-state index contributed by atoms with van der Waals surface area (Å²) < 4.78 is 0. The van der Waals surface area contributed by atoms with Gasteiger partial charge >= 0.3 is 0 Å². The van der Waals surface area contributed by atoms with Gasteiger partial charge in [-0.2, -0.15) is 0 Å². The Balaban J connectivity index is 0.000000334. The summed E-state index contributed by atoms with van der Waals surface area (Å²) in [5.74, 6) is -0.496. The summed E-state index contributed by atoms with van der Waals surface area (Å²) in [6, 6.07) is 14.8. The Morgan fingerprint density at radius 2 is 1.35 bits per heavy atom. The molecule has 31 heavy (non-hydrogen) atoms. The Hall–Kier alpha value is -2.95. The molecule has 5 heteroatoms. The Morgan fingerprint density at radius 1 is 0.806 bits per heavy atom. The third kappa shape index (κ3) is 4.55. The van der Waals surface area contributed by atoms with Crippen molar-refractivity contribution < 1.29 is 14.4 Å². The van der Waals surface area contributed by atoms with Crippen molar-refractivity contribution >= 4 is 18.2 Å². The summed E-state index contributed by atoms with van der Waals surface area (Å²) >= 11 is 0. The van der Waals surface area contributed by atoms with Crippen LogP contribution in [0.4, 0.5) is 0 Å². The molecule has 2 aromatic carbocycles. The number of carbonyl (C=O) groups is 3.